The number of aromatic amines is 1. The first kappa shape index (κ1) is 22.1. The van der Waals surface area contributed by atoms with Crippen molar-refractivity contribution < 1.29 is 19.5 Å². The lowest BCUT2D eigenvalue weighted by molar-refractivity contribution is -0.137. The van der Waals surface area contributed by atoms with Crippen molar-refractivity contribution >= 4 is 28.7 Å². The molecule has 2 atom stereocenters. The van der Waals surface area contributed by atoms with E-state index in [0.717, 1.165) is 5.56 Å². The molecular formula is C23H24N6O4. The lowest BCUT2D eigenvalue weighted by Crippen LogP contribution is -2.54. The number of carboxylic acids is 1. The molecule has 4 rings (SSSR count). The monoisotopic (exact) mass is 448 g/mol. The molecule has 0 radical (unpaired) electrons. The maximum absolute atomic E-state index is 13.0. The van der Waals surface area contributed by atoms with Gasteiger partial charge < -0.3 is 25.7 Å². The minimum Gasteiger partial charge on any atom is -0.477 e. The molecule has 1 aliphatic rings. The van der Waals surface area contributed by atoms with Crippen LogP contribution in [0.3, 0.4) is 0 Å². The van der Waals surface area contributed by atoms with E-state index < -0.39 is 29.1 Å². The first-order valence-electron chi connectivity index (χ1n) is 10.7. The topological polar surface area (TPSA) is 167 Å². The maximum Gasteiger partial charge on any atom is 0.352 e. The summed E-state index contributed by atoms with van der Waals surface area (Å²) in [6.45, 7) is 0.328. The van der Waals surface area contributed by atoms with Crippen LogP contribution in [-0.4, -0.2) is 44.0 Å². The van der Waals surface area contributed by atoms with Gasteiger partial charge in [0.05, 0.1) is 23.7 Å². The summed E-state index contributed by atoms with van der Waals surface area (Å²) >= 11 is 0. The van der Waals surface area contributed by atoms with Crippen molar-refractivity contribution in [2.24, 2.45) is 11.7 Å². The molecule has 33 heavy (non-hydrogen) atoms. The number of fused-ring (bicyclic) bond motifs is 1. The van der Waals surface area contributed by atoms with Crippen molar-refractivity contribution in [1.82, 2.24) is 19.9 Å². The molecule has 0 bridgehead atoms. The third-order valence-corrected chi connectivity index (χ3v) is 6.45. The van der Waals surface area contributed by atoms with E-state index in [-0.39, 0.29) is 24.2 Å². The second kappa shape index (κ2) is 8.78. The third-order valence-electron chi connectivity index (χ3n) is 6.45. The third kappa shape index (κ3) is 3.82. The van der Waals surface area contributed by atoms with Crippen molar-refractivity contribution in [2.75, 3.05) is 6.54 Å². The summed E-state index contributed by atoms with van der Waals surface area (Å²) in [6, 6.07) is 7.31. The number of carboxylic acid groups (broad SMARTS) is 1. The lowest BCUT2D eigenvalue weighted by Gasteiger charge is -2.41. The number of nitrogens with zero attached hydrogens (tertiary/aromatic N) is 3. The molecule has 5 N–H and O–H groups in total. The van der Waals surface area contributed by atoms with Gasteiger partial charge in [-0.25, -0.2) is 9.78 Å². The Labute approximate surface area is 189 Å². The Kier molecular flexibility index (Phi) is 5.87. The fourth-order valence-electron chi connectivity index (χ4n) is 5.05. The van der Waals surface area contributed by atoms with Gasteiger partial charge in [0.2, 0.25) is 11.8 Å². The second-order valence-corrected chi connectivity index (χ2v) is 8.30. The predicted octanol–water partition coefficient (Wildman–Crippen LogP) is 1.66. The number of carbonyl (C=O) groups excluding carboxylic acids is 2. The number of nitrogens with one attached hydrogen (secondary N) is 2. The number of benzene rings is 1. The van der Waals surface area contributed by atoms with Gasteiger partial charge in [0.1, 0.15) is 12.2 Å². The van der Waals surface area contributed by atoms with Crippen molar-refractivity contribution in [2.45, 2.75) is 37.6 Å². The fourth-order valence-corrected chi connectivity index (χ4v) is 5.05. The van der Waals surface area contributed by atoms with Gasteiger partial charge in [0.25, 0.3) is 0 Å². The zero-order valence-electron chi connectivity index (χ0n) is 17.9. The predicted molar refractivity (Wildman–Crippen MR) is 118 cm³/mol. The normalized spacial score (nSPS) is 20.3. The van der Waals surface area contributed by atoms with Gasteiger partial charge in [0, 0.05) is 35.4 Å². The van der Waals surface area contributed by atoms with Crippen LogP contribution in [0.5, 0.6) is 0 Å². The van der Waals surface area contributed by atoms with Crippen LogP contribution >= 0.6 is 0 Å². The highest BCUT2D eigenvalue weighted by Gasteiger charge is 2.53. The summed E-state index contributed by atoms with van der Waals surface area (Å²) in [5.74, 6) is -3.33. The lowest BCUT2D eigenvalue weighted by atomic mass is 9.61. The second-order valence-electron chi connectivity index (χ2n) is 8.30. The highest BCUT2D eigenvalue weighted by Crippen LogP contribution is 2.48. The minimum atomic E-state index is -1.50. The SMILES string of the molecule is N#CCNC(=O)[C@@H]1CCCC[C@@]1(C(N)=O)c1c(C(=O)O)[nH]c2cc(Cn3ccnc3)ccc12. The van der Waals surface area contributed by atoms with Crippen LogP contribution in [-0.2, 0) is 21.5 Å². The summed E-state index contributed by atoms with van der Waals surface area (Å²) < 4.78 is 1.88. The zero-order chi connectivity index (χ0) is 23.6. The van der Waals surface area contributed by atoms with Crippen molar-refractivity contribution in [3.05, 3.63) is 53.7 Å². The molecule has 2 amide bonds. The first-order chi connectivity index (χ1) is 15.9. The Hall–Kier alpha value is -4.13. The van der Waals surface area contributed by atoms with E-state index in [4.69, 9.17) is 11.0 Å². The summed E-state index contributed by atoms with van der Waals surface area (Å²) in [5, 5.41) is 21.9. The molecule has 3 aromatic rings. The molecule has 2 aromatic heterocycles. The Bertz CT molecular complexity index is 1260. The summed E-state index contributed by atoms with van der Waals surface area (Å²) in [6.07, 6.45) is 7.10. The Morgan fingerprint density at radius 2 is 2.18 bits per heavy atom. The molecule has 1 aliphatic carbocycles. The molecule has 2 heterocycles. The van der Waals surface area contributed by atoms with Crippen LogP contribution in [0.1, 0.15) is 47.3 Å². The van der Waals surface area contributed by atoms with Crippen molar-refractivity contribution in [3.63, 3.8) is 0 Å². The summed E-state index contributed by atoms with van der Waals surface area (Å²) in [4.78, 5) is 45.2. The number of hydrogen-bond donors (Lipinski definition) is 4. The maximum atomic E-state index is 13.0. The van der Waals surface area contributed by atoms with Crippen LogP contribution in [0.2, 0.25) is 0 Å². The highest BCUT2D eigenvalue weighted by atomic mass is 16.4. The van der Waals surface area contributed by atoms with Gasteiger partial charge in [-0.2, -0.15) is 5.26 Å². The Morgan fingerprint density at radius 1 is 1.36 bits per heavy atom. The minimum absolute atomic E-state index is 0.149. The number of nitriles is 1. The van der Waals surface area contributed by atoms with Crippen LogP contribution < -0.4 is 11.1 Å². The van der Waals surface area contributed by atoms with Crippen LogP contribution in [0, 0.1) is 17.2 Å². The number of aromatic carboxylic acids is 1. The molecule has 0 unspecified atom stereocenters. The van der Waals surface area contributed by atoms with E-state index in [9.17, 15) is 19.5 Å². The number of carbonyl (C=O) groups is 3. The van der Waals surface area contributed by atoms with Gasteiger partial charge >= 0.3 is 5.97 Å². The molecule has 0 spiro atoms. The Morgan fingerprint density at radius 3 is 2.85 bits per heavy atom. The molecule has 1 fully saturated rings. The first-order valence-corrected chi connectivity index (χ1v) is 10.7. The molecule has 0 aliphatic heterocycles. The number of hydrogen-bond acceptors (Lipinski definition) is 5. The molecule has 170 valence electrons. The van der Waals surface area contributed by atoms with Gasteiger partial charge in [-0.3, -0.25) is 9.59 Å². The van der Waals surface area contributed by atoms with E-state index >= 15 is 0 Å². The average Bonchev–Trinajstić information content (AvgIpc) is 3.44. The number of H-pyrrole nitrogens is 1. The van der Waals surface area contributed by atoms with E-state index in [1.807, 2.05) is 29.0 Å². The van der Waals surface area contributed by atoms with E-state index in [0.29, 0.717) is 36.7 Å². The average molecular weight is 448 g/mol. The standard InChI is InChI=1S/C23H24N6O4/c24-7-8-27-20(30)16-3-1-2-6-23(16,22(25)33)18-15-5-4-14(12-29-10-9-26-13-29)11-17(15)28-19(18)21(31)32/h4-5,9-11,13,16,28H,1-3,6,8,12H2,(H2,25,33)(H,27,30)(H,31,32)/t16-,23-/m0/s1. The smallest absolute Gasteiger partial charge is 0.352 e. The highest BCUT2D eigenvalue weighted by molar-refractivity contribution is 6.05. The van der Waals surface area contributed by atoms with Gasteiger partial charge in [-0.1, -0.05) is 25.0 Å². The molecule has 0 saturated heterocycles. The molecular weight excluding hydrogens is 424 g/mol. The van der Waals surface area contributed by atoms with Gasteiger partial charge in [-0.05, 0) is 24.5 Å². The van der Waals surface area contributed by atoms with Gasteiger partial charge in [-0.15, -0.1) is 0 Å². The number of rotatable bonds is 7. The fraction of sp³-hybridized carbons (Fsp3) is 0.348. The summed E-state index contributed by atoms with van der Waals surface area (Å²) in [7, 11) is 0. The van der Waals surface area contributed by atoms with Crippen molar-refractivity contribution in [1.29, 1.82) is 5.26 Å². The van der Waals surface area contributed by atoms with Crippen LogP contribution in [0.25, 0.3) is 10.9 Å². The number of amides is 2. The quantitative estimate of drug-likeness (QED) is 0.401. The molecule has 1 aromatic carbocycles. The van der Waals surface area contributed by atoms with Crippen molar-refractivity contribution in [3.8, 4) is 6.07 Å². The number of nitrogens with two attached hydrogens (primary N) is 1. The van der Waals surface area contributed by atoms with Crippen LogP contribution in [0.4, 0.5) is 0 Å². The van der Waals surface area contributed by atoms with E-state index in [1.54, 1.807) is 18.6 Å². The molecule has 10 heteroatoms. The number of imidazole rings is 1. The van der Waals surface area contributed by atoms with Crippen LogP contribution in [0.15, 0.2) is 36.9 Å². The largest absolute Gasteiger partial charge is 0.477 e. The zero-order valence-corrected chi connectivity index (χ0v) is 17.9. The van der Waals surface area contributed by atoms with E-state index in [1.165, 1.54) is 0 Å². The number of primary amides is 1. The summed E-state index contributed by atoms with van der Waals surface area (Å²) in [5.41, 5.74) is 5.97. The molecule has 1 saturated carbocycles. The number of aromatic nitrogens is 3. The van der Waals surface area contributed by atoms with E-state index in [2.05, 4.69) is 15.3 Å². The Balaban J connectivity index is 1.89. The van der Waals surface area contributed by atoms with Gasteiger partial charge in [0.15, 0.2) is 0 Å². The molecule has 10 nitrogen and oxygen atoms in total.